The minimum Gasteiger partial charge on any atom is -0.477 e. The highest BCUT2D eigenvalue weighted by Gasteiger charge is 2.61. The molecule has 0 bridgehead atoms. The van der Waals surface area contributed by atoms with Gasteiger partial charge in [0.25, 0.3) is 5.79 Å². The van der Waals surface area contributed by atoms with Crippen LogP contribution >= 0.6 is 0 Å². The summed E-state index contributed by atoms with van der Waals surface area (Å²) in [5.41, 5.74) is 0. The first-order chi connectivity index (χ1) is 30.6. The molecule has 5 heterocycles. The quantitative estimate of drug-likeness (QED) is 0.0643. The second-order valence-electron chi connectivity index (χ2n) is 16.1. The van der Waals surface area contributed by atoms with Crippen molar-refractivity contribution in [3.8, 4) is 0 Å². The van der Waals surface area contributed by atoms with Crippen LogP contribution in [0.4, 0.5) is 0 Å². The lowest BCUT2D eigenvalue weighted by atomic mass is 9.88. The third kappa shape index (κ3) is 11.2. The van der Waals surface area contributed by atoms with E-state index < -0.39 is 210 Å². The molecule has 5 saturated heterocycles. The van der Waals surface area contributed by atoms with Crippen molar-refractivity contribution in [3.05, 3.63) is 0 Å². The van der Waals surface area contributed by atoms with Crippen LogP contribution in [0.15, 0.2) is 0 Å². The van der Waals surface area contributed by atoms with E-state index in [2.05, 4.69) is 5.32 Å². The fourth-order valence-corrected chi connectivity index (χ4v) is 8.13. The Kier molecular flexibility index (Phi) is 18.7. The average molecular weight is 958 g/mol. The number of carbonyl (C=O) groups is 2. The van der Waals surface area contributed by atoms with Crippen LogP contribution < -0.4 is 5.32 Å². The highest BCUT2D eigenvalue weighted by molar-refractivity contribution is 5.76. The topological polar surface area (TPSA) is 493 Å². The van der Waals surface area contributed by atoms with Gasteiger partial charge in [-0.1, -0.05) is 0 Å². The summed E-state index contributed by atoms with van der Waals surface area (Å²) in [5, 5.41) is 192. The molecular formula is C35H59NO29. The van der Waals surface area contributed by atoms with E-state index in [1.54, 1.807) is 0 Å². The van der Waals surface area contributed by atoms with Gasteiger partial charge in [-0.05, 0) is 0 Å². The Labute approximate surface area is 366 Å². The number of carboxylic acids is 1. The number of hydrogen-bond donors (Lipinski definition) is 19. The zero-order valence-corrected chi connectivity index (χ0v) is 34.2. The zero-order valence-electron chi connectivity index (χ0n) is 34.2. The lowest BCUT2D eigenvalue weighted by Crippen LogP contribution is -2.71. The van der Waals surface area contributed by atoms with Gasteiger partial charge in [-0.25, -0.2) is 4.79 Å². The lowest BCUT2D eigenvalue weighted by molar-refractivity contribution is -0.396. The van der Waals surface area contributed by atoms with Crippen molar-refractivity contribution in [2.45, 2.75) is 172 Å². The molecule has 0 aromatic rings. The second-order valence-corrected chi connectivity index (χ2v) is 16.1. The van der Waals surface area contributed by atoms with E-state index in [9.17, 15) is 102 Å². The summed E-state index contributed by atoms with van der Waals surface area (Å²) >= 11 is 0. The third-order valence-electron chi connectivity index (χ3n) is 11.7. The Morgan fingerprint density at radius 1 is 0.600 bits per heavy atom. The Morgan fingerprint density at radius 2 is 1.05 bits per heavy atom. The Balaban J connectivity index is 1.34. The molecule has 26 atom stereocenters. The van der Waals surface area contributed by atoms with Crippen LogP contribution in [0.5, 0.6) is 0 Å². The number of aliphatic hydroxyl groups excluding tert-OH is 17. The number of carbonyl (C=O) groups excluding carboxylic acids is 1. The molecule has 0 aromatic heterocycles. The summed E-state index contributed by atoms with van der Waals surface area (Å²) < 4.78 is 49.6. The predicted molar refractivity (Wildman–Crippen MR) is 195 cm³/mol. The van der Waals surface area contributed by atoms with Crippen molar-refractivity contribution in [2.24, 2.45) is 0 Å². The van der Waals surface area contributed by atoms with Gasteiger partial charge in [0.15, 0.2) is 25.2 Å². The van der Waals surface area contributed by atoms with Crippen molar-refractivity contribution >= 4 is 11.9 Å². The van der Waals surface area contributed by atoms with Gasteiger partial charge in [-0.15, -0.1) is 0 Å². The molecule has 5 aliphatic heterocycles. The largest absolute Gasteiger partial charge is 0.477 e. The molecule has 5 fully saturated rings. The molecule has 5 rings (SSSR count). The summed E-state index contributed by atoms with van der Waals surface area (Å²) in [6.07, 6.45) is -49.4. The number of aliphatic carboxylic acids is 1. The summed E-state index contributed by atoms with van der Waals surface area (Å²) in [6.45, 7) is -4.17. The van der Waals surface area contributed by atoms with Crippen LogP contribution in [0.25, 0.3) is 0 Å². The minimum absolute atomic E-state index is 0.807. The minimum atomic E-state index is -3.15. The van der Waals surface area contributed by atoms with Crippen molar-refractivity contribution in [1.29, 1.82) is 0 Å². The monoisotopic (exact) mass is 957 g/mol. The van der Waals surface area contributed by atoms with Crippen molar-refractivity contribution in [2.75, 3.05) is 33.0 Å². The Morgan fingerprint density at radius 3 is 1.54 bits per heavy atom. The van der Waals surface area contributed by atoms with Gasteiger partial charge in [-0.2, -0.15) is 0 Å². The van der Waals surface area contributed by atoms with E-state index in [1.165, 1.54) is 0 Å². The van der Waals surface area contributed by atoms with Gasteiger partial charge in [0, 0.05) is 13.3 Å². The molecule has 0 radical (unpaired) electrons. The maximum absolute atomic E-state index is 12.8. The summed E-state index contributed by atoms with van der Waals surface area (Å²) in [7, 11) is 0. The van der Waals surface area contributed by atoms with E-state index in [-0.39, 0.29) is 0 Å². The first kappa shape index (κ1) is 53.8. The molecule has 0 spiro atoms. The summed E-state index contributed by atoms with van der Waals surface area (Å²) in [5.74, 6) is -6.02. The smallest absolute Gasteiger partial charge is 0.364 e. The van der Waals surface area contributed by atoms with Crippen LogP contribution in [0.2, 0.25) is 0 Å². The summed E-state index contributed by atoms with van der Waals surface area (Å²) in [4.78, 5) is 24.8. The van der Waals surface area contributed by atoms with Crippen LogP contribution in [0, 0.1) is 0 Å². The molecule has 30 heteroatoms. The van der Waals surface area contributed by atoms with Gasteiger partial charge < -0.3 is 140 Å². The molecule has 378 valence electrons. The number of amides is 1. The van der Waals surface area contributed by atoms with E-state index >= 15 is 0 Å². The van der Waals surface area contributed by atoms with Crippen molar-refractivity contribution < 1.29 is 144 Å². The molecule has 1 amide bonds. The first-order valence-electron chi connectivity index (χ1n) is 20.2. The zero-order chi connectivity index (χ0) is 48.4. The fourth-order valence-electron chi connectivity index (χ4n) is 8.13. The Hall–Kier alpha value is -2.10. The van der Waals surface area contributed by atoms with Gasteiger partial charge in [0.05, 0.1) is 45.2 Å². The van der Waals surface area contributed by atoms with Crippen molar-refractivity contribution in [3.63, 3.8) is 0 Å². The molecule has 30 nitrogen and oxygen atoms in total. The van der Waals surface area contributed by atoms with Gasteiger partial charge in [-0.3, -0.25) is 4.79 Å². The predicted octanol–water partition coefficient (Wildman–Crippen LogP) is -12.6. The van der Waals surface area contributed by atoms with E-state index in [0.29, 0.717) is 0 Å². The average Bonchev–Trinajstić information content (AvgIpc) is 3.27. The van der Waals surface area contributed by atoms with Crippen LogP contribution in [-0.2, 0) is 52.2 Å². The highest BCUT2D eigenvalue weighted by Crippen LogP contribution is 2.39. The summed E-state index contributed by atoms with van der Waals surface area (Å²) in [6, 6.07) is -1.63. The standard InChI is InChI=1S/C35H59NO29/c1-8(42)36-15-9(43)2-35(34(55)56,64-27(15)16(45)10(44)3-37)65-29-18(47)12(5-39)59-33(24(29)53)62-26-14(7-41)60-31(22(51)20(26)49)63-28-17(46)11(4-38)58-32(23(28)52)61-25-13(6-40)57-30(54)21(50)19(25)48/h9-33,37-41,43-54H,2-7H2,1H3,(H,36,42)(H,55,56)/t9-,10+,11+,12+,13+,14+,15+,16+,17-,18-,19+,20+,21+,22-,23+,24+,25+,26+,27+,28-,29-,30+,31-,32-,33-,35-/m0/s1. The van der Waals surface area contributed by atoms with E-state index in [4.69, 9.17) is 42.6 Å². The number of ether oxygens (including phenoxy) is 9. The lowest BCUT2D eigenvalue weighted by Gasteiger charge is -2.51. The first-order valence-corrected chi connectivity index (χ1v) is 20.2. The third-order valence-corrected chi connectivity index (χ3v) is 11.7. The molecule has 65 heavy (non-hydrogen) atoms. The molecule has 19 N–H and O–H groups in total. The fraction of sp³-hybridized carbons (Fsp3) is 0.943. The van der Waals surface area contributed by atoms with E-state index in [0.717, 1.165) is 6.92 Å². The van der Waals surface area contributed by atoms with Gasteiger partial charge in [0.2, 0.25) is 5.91 Å². The van der Waals surface area contributed by atoms with Crippen LogP contribution in [-0.4, -0.2) is 296 Å². The molecule has 0 aliphatic carbocycles. The molecule has 0 aromatic carbocycles. The van der Waals surface area contributed by atoms with Gasteiger partial charge in [0.1, 0.15) is 116 Å². The number of nitrogens with one attached hydrogen (secondary N) is 1. The highest BCUT2D eigenvalue weighted by atomic mass is 16.8. The molecule has 0 unspecified atom stereocenters. The van der Waals surface area contributed by atoms with Crippen LogP contribution in [0.3, 0.4) is 0 Å². The number of rotatable bonds is 17. The van der Waals surface area contributed by atoms with Crippen molar-refractivity contribution in [1.82, 2.24) is 5.32 Å². The van der Waals surface area contributed by atoms with Gasteiger partial charge >= 0.3 is 5.97 Å². The SMILES string of the molecule is CC(=O)N[C@H]1[C@H]([C@H](O)[C@H](O)CO)O[C@@](O[C@H]2[C@@H](O)[C@@H](CO)O[C@@H](O[C@H]3[C@H](O)[C@H](O)[C@H](O[C@H]4[C@@H](O)[C@@H](CO)O[C@@H](O[C@H]5[C@H](O)[C@@H](O)[C@H](O)O[C@@H]5CO)[C@@H]4O)O[C@@H]3CO)[C@@H]2O)(C(=O)O)C[C@@H]1O. The Bertz CT molecular complexity index is 1530. The normalized spacial score (nSPS) is 48.3. The molecular weight excluding hydrogens is 898 g/mol. The van der Waals surface area contributed by atoms with E-state index in [1.807, 2.05) is 0 Å². The maximum Gasteiger partial charge on any atom is 0.364 e. The second kappa shape index (κ2) is 22.5. The number of hydrogen-bond acceptors (Lipinski definition) is 28. The number of carboxylic acid groups (broad SMARTS) is 1. The molecule has 0 saturated carbocycles. The maximum atomic E-state index is 12.8. The number of aliphatic hydroxyl groups is 17. The van der Waals surface area contributed by atoms with Crippen LogP contribution in [0.1, 0.15) is 13.3 Å². The molecule has 5 aliphatic rings.